The van der Waals surface area contributed by atoms with Crippen LogP contribution >= 0.6 is 0 Å². The summed E-state index contributed by atoms with van der Waals surface area (Å²) in [6.45, 7) is 7.83. The van der Waals surface area contributed by atoms with E-state index < -0.39 is 0 Å². The number of ether oxygens (including phenoxy) is 1. The van der Waals surface area contributed by atoms with Gasteiger partial charge < -0.3 is 20.5 Å². The van der Waals surface area contributed by atoms with Crippen LogP contribution in [-0.4, -0.2) is 43.4 Å². The van der Waals surface area contributed by atoms with E-state index in [1.807, 2.05) is 7.05 Å². The van der Waals surface area contributed by atoms with Crippen LogP contribution in [0.2, 0.25) is 0 Å². The van der Waals surface area contributed by atoms with E-state index in [0.29, 0.717) is 6.54 Å². The molecule has 108 valence electrons. The molecule has 0 saturated carbocycles. The number of likely N-dealkylation sites (N-methyl/N-ethyl adjacent to an activating group) is 1. The van der Waals surface area contributed by atoms with Gasteiger partial charge in [-0.1, -0.05) is 0 Å². The quantitative estimate of drug-likeness (QED) is 0.816. The van der Waals surface area contributed by atoms with Gasteiger partial charge in [-0.2, -0.15) is 0 Å². The van der Waals surface area contributed by atoms with Gasteiger partial charge in [-0.15, -0.1) is 0 Å². The summed E-state index contributed by atoms with van der Waals surface area (Å²) in [7, 11) is 3.72. The van der Waals surface area contributed by atoms with Crippen LogP contribution in [0.1, 0.15) is 22.3 Å². The van der Waals surface area contributed by atoms with E-state index in [1.165, 1.54) is 22.3 Å². The SMILES string of the molecule is COc1cc(C)c(CN(C)CC(N)CO)c(C)c1C. The molecule has 0 heterocycles. The van der Waals surface area contributed by atoms with Gasteiger partial charge in [0.05, 0.1) is 13.7 Å². The van der Waals surface area contributed by atoms with Crippen LogP contribution in [0.3, 0.4) is 0 Å². The van der Waals surface area contributed by atoms with Crippen molar-refractivity contribution in [2.45, 2.75) is 33.4 Å². The molecule has 1 unspecified atom stereocenters. The Morgan fingerprint density at radius 3 is 2.47 bits per heavy atom. The zero-order valence-electron chi connectivity index (χ0n) is 12.7. The van der Waals surface area contributed by atoms with Crippen molar-refractivity contribution in [2.75, 3.05) is 27.3 Å². The van der Waals surface area contributed by atoms with Crippen molar-refractivity contribution in [1.29, 1.82) is 0 Å². The number of nitrogens with two attached hydrogens (primary N) is 1. The molecule has 1 atom stereocenters. The molecule has 0 aliphatic heterocycles. The maximum Gasteiger partial charge on any atom is 0.122 e. The first kappa shape index (κ1) is 16.0. The summed E-state index contributed by atoms with van der Waals surface area (Å²) in [5, 5.41) is 9.00. The highest BCUT2D eigenvalue weighted by atomic mass is 16.5. The minimum atomic E-state index is -0.190. The molecule has 1 rings (SSSR count). The number of hydrogen-bond acceptors (Lipinski definition) is 4. The Morgan fingerprint density at radius 2 is 1.95 bits per heavy atom. The monoisotopic (exact) mass is 266 g/mol. The van der Waals surface area contributed by atoms with Crippen LogP contribution in [0.5, 0.6) is 5.75 Å². The third kappa shape index (κ3) is 3.93. The summed E-state index contributed by atoms with van der Waals surface area (Å²) in [6.07, 6.45) is 0. The second-order valence-corrected chi connectivity index (χ2v) is 5.26. The Balaban J connectivity index is 2.92. The van der Waals surface area contributed by atoms with Gasteiger partial charge in [-0.3, -0.25) is 0 Å². The van der Waals surface area contributed by atoms with Crippen molar-refractivity contribution >= 4 is 0 Å². The molecule has 0 amide bonds. The lowest BCUT2D eigenvalue weighted by atomic mass is 9.97. The molecule has 4 heteroatoms. The molecule has 0 radical (unpaired) electrons. The molecule has 1 aromatic carbocycles. The zero-order valence-corrected chi connectivity index (χ0v) is 12.7. The standard InChI is InChI=1S/C15H26N2O2/c1-10-6-15(19-5)12(3)11(2)14(10)8-17(4)7-13(16)9-18/h6,13,18H,7-9,16H2,1-5H3. The van der Waals surface area contributed by atoms with E-state index in [4.69, 9.17) is 15.6 Å². The Kier molecular flexibility index (Phi) is 5.79. The molecular formula is C15H26N2O2. The molecule has 3 N–H and O–H groups in total. The summed E-state index contributed by atoms with van der Waals surface area (Å²) in [5.74, 6) is 0.938. The van der Waals surface area contributed by atoms with E-state index in [9.17, 15) is 0 Å². The normalized spacial score (nSPS) is 12.8. The lowest BCUT2D eigenvalue weighted by molar-refractivity contribution is 0.218. The Hall–Kier alpha value is -1.10. The first-order valence-corrected chi connectivity index (χ1v) is 6.59. The fourth-order valence-corrected chi connectivity index (χ4v) is 2.35. The molecular weight excluding hydrogens is 240 g/mol. The van der Waals surface area contributed by atoms with Crippen LogP contribution in [-0.2, 0) is 6.54 Å². The number of aliphatic hydroxyl groups is 1. The number of benzene rings is 1. The van der Waals surface area contributed by atoms with Crippen LogP contribution < -0.4 is 10.5 Å². The largest absolute Gasteiger partial charge is 0.496 e. The van der Waals surface area contributed by atoms with Crippen LogP contribution in [0.4, 0.5) is 0 Å². The fraction of sp³-hybridized carbons (Fsp3) is 0.600. The van der Waals surface area contributed by atoms with Gasteiger partial charge in [-0.25, -0.2) is 0 Å². The number of rotatable bonds is 6. The maximum absolute atomic E-state index is 9.00. The van der Waals surface area contributed by atoms with Crippen molar-refractivity contribution in [1.82, 2.24) is 4.90 Å². The highest BCUT2D eigenvalue weighted by molar-refractivity contribution is 5.48. The average Bonchev–Trinajstić information content (AvgIpc) is 2.38. The van der Waals surface area contributed by atoms with Gasteiger partial charge in [0.15, 0.2) is 0 Å². The Labute approximate surface area is 116 Å². The van der Waals surface area contributed by atoms with Gasteiger partial charge in [0.1, 0.15) is 5.75 Å². The topological polar surface area (TPSA) is 58.7 Å². The predicted octanol–water partition coefficient (Wildman–Crippen LogP) is 1.37. The van der Waals surface area contributed by atoms with Crippen molar-refractivity contribution in [3.8, 4) is 5.75 Å². The van der Waals surface area contributed by atoms with Crippen molar-refractivity contribution in [3.63, 3.8) is 0 Å². The summed E-state index contributed by atoms with van der Waals surface area (Å²) >= 11 is 0. The third-order valence-electron chi connectivity index (χ3n) is 3.64. The van der Waals surface area contributed by atoms with Gasteiger partial charge in [0.2, 0.25) is 0 Å². The van der Waals surface area contributed by atoms with Crippen molar-refractivity contribution < 1.29 is 9.84 Å². The van der Waals surface area contributed by atoms with E-state index in [1.54, 1.807) is 7.11 Å². The van der Waals surface area contributed by atoms with Gasteiger partial charge >= 0.3 is 0 Å². The van der Waals surface area contributed by atoms with Crippen molar-refractivity contribution in [3.05, 3.63) is 28.3 Å². The number of hydrogen-bond donors (Lipinski definition) is 2. The molecule has 0 saturated heterocycles. The summed E-state index contributed by atoms with van der Waals surface area (Å²) in [5.41, 5.74) is 10.8. The first-order chi connectivity index (χ1) is 8.90. The highest BCUT2D eigenvalue weighted by Gasteiger charge is 2.13. The van der Waals surface area contributed by atoms with Crippen LogP contribution in [0, 0.1) is 20.8 Å². The fourth-order valence-electron chi connectivity index (χ4n) is 2.35. The van der Waals surface area contributed by atoms with E-state index in [2.05, 4.69) is 31.7 Å². The maximum atomic E-state index is 9.00. The van der Waals surface area contributed by atoms with Crippen LogP contribution in [0.15, 0.2) is 6.07 Å². The smallest absolute Gasteiger partial charge is 0.122 e. The second-order valence-electron chi connectivity index (χ2n) is 5.26. The Morgan fingerprint density at radius 1 is 1.32 bits per heavy atom. The minimum absolute atomic E-state index is 0.0178. The highest BCUT2D eigenvalue weighted by Crippen LogP contribution is 2.28. The third-order valence-corrected chi connectivity index (χ3v) is 3.64. The minimum Gasteiger partial charge on any atom is -0.496 e. The molecule has 0 spiro atoms. The zero-order chi connectivity index (χ0) is 14.6. The molecule has 1 aromatic rings. The Bertz CT molecular complexity index is 433. The van der Waals surface area contributed by atoms with Crippen LogP contribution in [0.25, 0.3) is 0 Å². The summed E-state index contributed by atoms with van der Waals surface area (Å²) < 4.78 is 5.38. The van der Waals surface area contributed by atoms with Gasteiger partial charge in [0.25, 0.3) is 0 Å². The molecule has 0 aromatic heterocycles. The predicted molar refractivity (Wildman–Crippen MR) is 78.6 cm³/mol. The van der Waals surface area contributed by atoms with E-state index >= 15 is 0 Å². The molecule has 4 nitrogen and oxygen atoms in total. The average molecular weight is 266 g/mol. The number of nitrogens with zero attached hydrogens (tertiary/aromatic N) is 1. The van der Waals surface area contributed by atoms with E-state index in [-0.39, 0.29) is 12.6 Å². The first-order valence-electron chi connectivity index (χ1n) is 6.59. The number of aryl methyl sites for hydroxylation is 1. The van der Waals surface area contributed by atoms with Gasteiger partial charge in [-0.05, 0) is 56.1 Å². The summed E-state index contributed by atoms with van der Waals surface area (Å²) in [6, 6.07) is 1.89. The molecule has 0 bridgehead atoms. The second kappa shape index (κ2) is 6.89. The lowest BCUT2D eigenvalue weighted by Crippen LogP contribution is -2.37. The summed E-state index contributed by atoms with van der Waals surface area (Å²) in [4.78, 5) is 2.14. The number of methoxy groups -OCH3 is 1. The molecule has 0 fully saturated rings. The number of aliphatic hydroxyl groups excluding tert-OH is 1. The lowest BCUT2D eigenvalue weighted by Gasteiger charge is -2.23. The van der Waals surface area contributed by atoms with Crippen molar-refractivity contribution in [2.24, 2.45) is 5.73 Å². The molecule has 19 heavy (non-hydrogen) atoms. The van der Waals surface area contributed by atoms with E-state index in [0.717, 1.165) is 12.3 Å². The molecule has 0 aliphatic rings. The van der Waals surface area contributed by atoms with Gasteiger partial charge in [0, 0.05) is 19.1 Å². The molecule has 0 aliphatic carbocycles.